The molecule has 0 unspecified atom stereocenters. The van der Waals surface area contributed by atoms with Gasteiger partial charge in [0.15, 0.2) is 0 Å². The van der Waals surface area contributed by atoms with Crippen molar-refractivity contribution in [3.8, 4) is 0 Å². The van der Waals surface area contributed by atoms with E-state index >= 15 is 0 Å². The average molecular weight is 367 g/mol. The first kappa shape index (κ1) is 19.2. The van der Waals surface area contributed by atoms with Gasteiger partial charge < -0.3 is 15.3 Å². The van der Waals surface area contributed by atoms with Crippen LogP contribution in [0.3, 0.4) is 0 Å². The number of nitrogens with zero attached hydrogens (tertiary/aromatic N) is 4. The SMILES string of the molecule is CCN1C(=O)N(O[C@@H](F)C(=O)O)C=C(C)[C@H]1C(=O)NCc1cnccn1. The Bertz CT molecular complexity index is 714. The number of urea groups is 1. The molecule has 140 valence electrons. The number of hydrogen-bond acceptors (Lipinski definition) is 6. The standard InChI is InChI=1S/C15H18FN5O5/c1-3-20-11(13(22)19-7-10-6-17-4-5-18-10)9(2)8-21(15(20)25)26-12(16)14(23)24/h4-6,8,11-12H,3,7H2,1-2H3,(H,19,22)(H,23,24)/t11-,12+/m0/s1. The molecule has 3 amide bonds. The highest BCUT2D eigenvalue weighted by Crippen LogP contribution is 2.21. The Morgan fingerprint density at radius 3 is 2.77 bits per heavy atom. The zero-order valence-electron chi connectivity index (χ0n) is 14.1. The molecule has 0 saturated carbocycles. The molecule has 2 N–H and O–H groups in total. The van der Waals surface area contributed by atoms with Crippen molar-refractivity contribution in [1.82, 2.24) is 25.2 Å². The van der Waals surface area contributed by atoms with Crippen molar-refractivity contribution in [2.45, 2.75) is 32.8 Å². The number of rotatable bonds is 7. The second kappa shape index (κ2) is 8.34. The van der Waals surface area contributed by atoms with E-state index in [1.807, 2.05) is 0 Å². The topological polar surface area (TPSA) is 125 Å². The smallest absolute Gasteiger partial charge is 0.368 e. The van der Waals surface area contributed by atoms with Crippen LogP contribution in [0.1, 0.15) is 19.5 Å². The summed E-state index contributed by atoms with van der Waals surface area (Å²) in [6.07, 6.45) is 2.87. The summed E-state index contributed by atoms with van der Waals surface area (Å²) in [6.45, 7) is 3.42. The number of nitrogens with one attached hydrogen (secondary N) is 1. The van der Waals surface area contributed by atoms with E-state index in [4.69, 9.17) is 5.11 Å². The maximum atomic E-state index is 13.3. The number of carboxylic acids is 1. The number of hydrogen-bond donors (Lipinski definition) is 2. The molecular weight excluding hydrogens is 349 g/mol. The van der Waals surface area contributed by atoms with Gasteiger partial charge in [-0.15, -0.1) is 0 Å². The summed E-state index contributed by atoms with van der Waals surface area (Å²) in [4.78, 5) is 49.0. The van der Waals surface area contributed by atoms with Crippen LogP contribution in [0.25, 0.3) is 0 Å². The van der Waals surface area contributed by atoms with E-state index in [0.717, 1.165) is 11.1 Å². The van der Waals surface area contributed by atoms with E-state index in [0.29, 0.717) is 16.3 Å². The first-order valence-corrected chi connectivity index (χ1v) is 7.69. The zero-order valence-corrected chi connectivity index (χ0v) is 14.1. The fourth-order valence-corrected chi connectivity index (χ4v) is 2.38. The van der Waals surface area contributed by atoms with Gasteiger partial charge in [0.05, 0.1) is 18.4 Å². The Morgan fingerprint density at radius 1 is 1.46 bits per heavy atom. The predicted molar refractivity (Wildman–Crippen MR) is 84.7 cm³/mol. The van der Waals surface area contributed by atoms with E-state index in [9.17, 15) is 18.8 Å². The van der Waals surface area contributed by atoms with E-state index in [1.165, 1.54) is 18.6 Å². The van der Waals surface area contributed by atoms with Gasteiger partial charge in [0.2, 0.25) is 5.91 Å². The van der Waals surface area contributed by atoms with E-state index in [2.05, 4.69) is 20.1 Å². The zero-order chi connectivity index (χ0) is 19.3. The molecule has 0 bridgehead atoms. The van der Waals surface area contributed by atoms with Crippen LogP contribution in [0, 0.1) is 0 Å². The number of carbonyl (C=O) groups is 3. The molecule has 1 aliphatic rings. The summed E-state index contributed by atoms with van der Waals surface area (Å²) < 4.78 is 13.3. The van der Waals surface area contributed by atoms with Crippen LogP contribution >= 0.6 is 0 Å². The van der Waals surface area contributed by atoms with Gasteiger partial charge in [-0.05, 0) is 19.4 Å². The lowest BCUT2D eigenvalue weighted by Crippen LogP contribution is -2.56. The third kappa shape index (κ3) is 4.30. The fraction of sp³-hybridized carbons (Fsp3) is 0.400. The Kier molecular flexibility index (Phi) is 6.17. The normalized spacial score (nSPS) is 18.3. The molecule has 0 fully saturated rings. The summed E-state index contributed by atoms with van der Waals surface area (Å²) in [5.74, 6) is -2.33. The van der Waals surface area contributed by atoms with Crippen LogP contribution < -0.4 is 5.32 Å². The van der Waals surface area contributed by atoms with Crippen LogP contribution in [-0.4, -0.2) is 61.9 Å². The lowest BCUT2D eigenvalue weighted by atomic mass is 10.1. The third-order valence-electron chi connectivity index (χ3n) is 3.55. The summed E-state index contributed by atoms with van der Waals surface area (Å²) >= 11 is 0. The summed E-state index contributed by atoms with van der Waals surface area (Å²) in [5, 5.41) is 11.7. The number of aliphatic carboxylic acids is 1. The number of amides is 3. The number of likely N-dealkylation sites (N-methyl/N-ethyl adjacent to an activating group) is 1. The molecule has 26 heavy (non-hydrogen) atoms. The van der Waals surface area contributed by atoms with Gasteiger partial charge in [0, 0.05) is 25.1 Å². The van der Waals surface area contributed by atoms with Crippen molar-refractivity contribution in [3.05, 3.63) is 36.1 Å². The molecule has 0 spiro atoms. The predicted octanol–water partition coefficient (Wildman–Crippen LogP) is 0.435. The van der Waals surface area contributed by atoms with Crippen molar-refractivity contribution >= 4 is 17.9 Å². The van der Waals surface area contributed by atoms with E-state index in [1.54, 1.807) is 13.8 Å². The Labute approximate surface area is 148 Å². The van der Waals surface area contributed by atoms with Crippen molar-refractivity contribution in [1.29, 1.82) is 0 Å². The number of hydroxylamine groups is 2. The van der Waals surface area contributed by atoms with Gasteiger partial charge in [0.1, 0.15) is 6.04 Å². The molecule has 0 saturated heterocycles. The highest BCUT2D eigenvalue weighted by atomic mass is 19.1. The van der Waals surface area contributed by atoms with Gasteiger partial charge in [-0.2, -0.15) is 5.06 Å². The minimum atomic E-state index is -2.70. The Balaban J connectivity index is 2.13. The van der Waals surface area contributed by atoms with Gasteiger partial charge in [0.25, 0.3) is 0 Å². The van der Waals surface area contributed by atoms with Crippen LogP contribution in [0.4, 0.5) is 9.18 Å². The molecule has 1 aliphatic heterocycles. The van der Waals surface area contributed by atoms with E-state index in [-0.39, 0.29) is 13.1 Å². The number of halogens is 1. The molecule has 10 nitrogen and oxygen atoms in total. The summed E-state index contributed by atoms with van der Waals surface area (Å²) in [5.41, 5.74) is 0.917. The minimum Gasteiger partial charge on any atom is -0.477 e. The van der Waals surface area contributed by atoms with Crippen LogP contribution in [0.2, 0.25) is 0 Å². The summed E-state index contributed by atoms with van der Waals surface area (Å²) in [7, 11) is 0. The van der Waals surface area contributed by atoms with Gasteiger partial charge in [-0.25, -0.2) is 18.8 Å². The lowest BCUT2D eigenvalue weighted by Gasteiger charge is -2.37. The number of aromatic nitrogens is 2. The molecule has 0 aromatic carbocycles. The van der Waals surface area contributed by atoms with Crippen molar-refractivity contribution in [2.75, 3.05) is 6.54 Å². The second-order valence-electron chi connectivity index (χ2n) is 5.34. The first-order chi connectivity index (χ1) is 12.3. The Hall–Kier alpha value is -3.08. The fourth-order valence-electron chi connectivity index (χ4n) is 2.38. The molecule has 2 atom stereocenters. The van der Waals surface area contributed by atoms with E-state index < -0.39 is 30.3 Å². The van der Waals surface area contributed by atoms with Gasteiger partial charge in [-0.1, -0.05) is 0 Å². The van der Waals surface area contributed by atoms with Crippen molar-refractivity contribution in [2.24, 2.45) is 0 Å². The van der Waals surface area contributed by atoms with Crippen LogP contribution in [-0.2, 0) is 21.0 Å². The molecule has 2 heterocycles. The third-order valence-corrected chi connectivity index (χ3v) is 3.55. The highest BCUT2D eigenvalue weighted by molar-refractivity contribution is 5.91. The largest absolute Gasteiger partial charge is 0.477 e. The van der Waals surface area contributed by atoms with Crippen LogP contribution in [0.5, 0.6) is 0 Å². The minimum absolute atomic E-state index is 0.119. The molecule has 2 rings (SSSR count). The first-order valence-electron chi connectivity index (χ1n) is 7.69. The van der Waals surface area contributed by atoms with Crippen LogP contribution in [0.15, 0.2) is 30.4 Å². The van der Waals surface area contributed by atoms with Crippen molar-refractivity contribution < 1.29 is 28.7 Å². The molecule has 0 radical (unpaired) electrons. The quantitative estimate of drug-likeness (QED) is 0.716. The monoisotopic (exact) mass is 367 g/mol. The van der Waals surface area contributed by atoms with Gasteiger partial charge >= 0.3 is 18.4 Å². The molecular formula is C15H18FN5O5. The summed E-state index contributed by atoms with van der Waals surface area (Å²) in [6, 6.07) is -1.78. The van der Waals surface area contributed by atoms with Crippen molar-refractivity contribution in [3.63, 3.8) is 0 Å². The molecule has 0 aliphatic carbocycles. The maximum absolute atomic E-state index is 13.3. The molecule has 1 aromatic rings. The lowest BCUT2D eigenvalue weighted by molar-refractivity contribution is -0.207. The maximum Gasteiger partial charge on any atom is 0.368 e. The second-order valence-corrected chi connectivity index (χ2v) is 5.34. The molecule has 1 aromatic heterocycles. The number of carbonyl (C=O) groups excluding carboxylic acids is 2. The molecule has 11 heteroatoms. The van der Waals surface area contributed by atoms with Gasteiger partial charge in [-0.3, -0.25) is 14.8 Å². The highest BCUT2D eigenvalue weighted by Gasteiger charge is 2.38. The average Bonchev–Trinajstić information content (AvgIpc) is 2.62. The number of alkyl halides is 1. The Morgan fingerprint density at radius 2 is 2.19 bits per heavy atom. The number of carboxylic acid groups (broad SMARTS) is 1.